The number of ether oxygens (including phenoxy) is 1. The number of hydrogen-bond donors (Lipinski definition) is 0. The Kier molecular flexibility index (Phi) is 4.54. The lowest BCUT2D eigenvalue weighted by Gasteiger charge is -2.38. The van der Waals surface area contributed by atoms with E-state index in [-0.39, 0.29) is 5.56 Å². The SMILES string of the molecule is COC(=O)[C@H]1c2ccccc2C(=O)[C@@](C)([N+](=O)[O-])[C@@H]1c1ccc(Cl)cc1. The summed E-state index contributed by atoms with van der Waals surface area (Å²) in [5.74, 6) is -3.26. The zero-order valence-electron chi connectivity index (χ0n) is 14.1. The molecule has 7 heteroatoms. The highest BCUT2D eigenvalue weighted by atomic mass is 35.5. The van der Waals surface area contributed by atoms with Gasteiger partial charge in [0.2, 0.25) is 5.78 Å². The van der Waals surface area contributed by atoms with E-state index in [0.717, 1.165) is 0 Å². The summed E-state index contributed by atoms with van der Waals surface area (Å²) in [4.78, 5) is 37.1. The molecule has 1 aliphatic carbocycles. The zero-order chi connectivity index (χ0) is 19.1. The van der Waals surface area contributed by atoms with Crippen molar-refractivity contribution in [1.29, 1.82) is 0 Å². The summed E-state index contributed by atoms with van der Waals surface area (Å²) < 4.78 is 4.93. The normalized spacial score (nSPS) is 24.7. The van der Waals surface area contributed by atoms with Gasteiger partial charge in [0.25, 0.3) is 5.54 Å². The van der Waals surface area contributed by atoms with Crippen molar-refractivity contribution in [2.75, 3.05) is 7.11 Å². The Morgan fingerprint density at radius 3 is 2.38 bits per heavy atom. The van der Waals surface area contributed by atoms with Crippen molar-refractivity contribution in [2.24, 2.45) is 0 Å². The second kappa shape index (κ2) is 6.53. The smallest absolute Gasteiger partial charge is 0.314 e. The lowest BCUT2D eigenvalue weighted by molar-refractivity contribution is -0.551. The minimum atomic E-state index is -2.01. The second-order valence-corrected chi connectivity index (χ2v) is 6.79. The van der Waals surface area contributed by atoms with Gasteiger partial charge in [0.05, 0.1) is 18.9 Å². The Hall–Kier alpha value is -2.73. The molecule has 0 bridgehead atoms. The van der Waals surface area contributed by atoms with E-state index < -0.39 is 34.1 Å². The lowest BCUT2D eigenvalue weighted by Crippen LogP contribution is -2.55. The Bertz CT molecular complexity index is 895. The number of carbonyl (C=O) groups is 2. The van der Waals surface area contributed by atoms with Crippen LogP contribution in [-0.4, -0.2) is 29.3 Å². The molecule has 6 nitrogen and oxygen atoms in total. The lowest BCUT2D eigenvalue weighted by atomic mass is 9.62. The van der Waals surface area contributed by atoms with Gasteiger partial charge in [-0.3, -0.25) is 19.7 Å². The molecule has 0 saturated carbocycles. The number of halogens is 1. The first-order valence-corrected chi connectivity index (χ1v) is 8.31. The van der Waals surface area contributed by atoms with Crippen LogP contribution in [0.25, 0.3) is 0 Å². The van der Waals surface area contributed by atoms with Gasteiger partial charge in [0.1, 0.15) is 0 Å². The van der Waals surface area contributed by atoms with Crippen molar-refractivity contribution >= 4 is 23.4 Å². The molecule has 0 saturated heterocycles. The maximum absolute atomic E-state index is 13.1. The van der Waals surface area contributed by atoms with Gasteiger partial charge in [-0.25, -0.2) is 0 Å². The molecule has 0 N–H and O–H groups in total. The van der Waals surface area contributed by atoms with Gasteiger partial charge in [-0.2, -0.15) is 0 Å². The van der Waals surface area contributed by atoms with E-state index in [1.165, 1.54) is 20.1 Å². The van der Waals surface area contributed by atoms with Gasteiger partial charge in [-0.05, 0) is 23.3 Å². The first-order chi connectivity index (χ1) is 12.3. The van der Waals surface area contributed by atoms with Gasteiger partial charge in [-0.15, -0.1) is 0 Å². The fourth-order valence-electron chi connectivity index (χ4n) is 3.67. The van der Waals surface area contributed by atoms with E-state index in [4.69, 9.17) is 16.3 Å². The Labute approximate surface area is 154 Å². The summed E-state index contributed by atoms with van der Waals surface area (Å²) >= 11 is 5.93. The van der Waals surface area contributed by atoms with Gasteiger partial charge in [0.15, 0.2) is 0 Å². The van der Waals surface area contributed by atoms with Crippen molar-refractivity contribution in [3.63, 3.8) is 0 Å². The molecule has 2 aromatic rings. The molecule has 0 spiro atoms. The quantitative estimate of drug-likeness (QED) is 0.466. The molecule has 2 aromatic carbocycles. The van der Waals surface area contributed by atoms with Gasteiger partial charge < -0.3 is 4.74 Å². The molecule has 0 amide bonds. The van der Waals surface area contributed by atoms with Crippen molar-refractivity contribution in [3.8, 4) is 0 Å². The van der Waals surface area contributed by atoms with E-state index in [0.29, 0.717) is 16.1 Å². The number of carbonyl (C=O) groups excluding carboxylic acids is 2. The number of esters is 1. The van der Waals surface area contributed by atoms with Gasteiger partial charge in [-0.1, -0.05) is 48.0 Å². The first kappa shape index (κ1) is 18.1. The fraction of sp³-hybridized carbons (Fsp3) is 0.263. The van der Waals surface area contributed by atoms with Gasteiger partial charge in [0, 0.05) is 22.4 Å². The van der Waals surface area contributed by atoms with E-state index in [2.05, 4.69) is 0 Å². The van der Waals surface area contributed by atoms with Crippen LogP contribution < -0.4 is 0 Å². The topological polar surface area (TPSA) is 86.5 Å². The van der Waals surface area contributed by atoms with Gasteiger partial charge >= 0.3 is 5.97 Å². The Morgan fingerprint density at radius 2 is 1.81 bits per heavy atom. The van der Waals surface area contributed by atoms with Crippen molar-refractivity contribution < 1.29 is 19.2 Å². The third-order valence-electron chi connectivity index (χ3n) is 5.00. The van der Waals surface area contributed by atoms with E-state index in [9.17, 15) is 19.7 Å². The summed E-state index contributed by atoms with van der Waals surface area (Å²) in [5.41, 5.74) is -0.927. The predicted molar refractivity (Wildman–Crippen MR) is 95.1 cm³/mol. The van der Waals surface area contributed by atoms with E-state index in [1.54, 1.807) is 42.5 Å². The summed E-state index contributed by atoms with van der Waals surface area (Å²) in [6.07, 6.45) is 0. The number of fused-ring (bicyclic) bond motifs is 1. The molecule has 0 aromatic heterocycles. The average molecular weight is 374 g/mol. The first-order valence-electron chi connectivity index (χ1n) is 7.94. The number of nitro groups is 1. The van der Waals surface area contributed by atoms with Crippen LogP contribution in [-0.2, 0) is 9.53 Å². The van der Waals surface area contributed by atoms with Crippen LogP contribution in [0.2, 0.25) is 5.02 Å². The summed E-state index contributed by atoms with van der Waals surface area (Å²) in [6.45, 7) is 1.26. The molecule has 0 unspecified atom stereocenters. The molecular weight excluding hydrogens is 358 g/mol. The Morgan fingerprint density at radius 1 is 1.19 bits per heavy atom. The van der Waals surface area contributed by atoms with Crippen LogP contribution in [0, 0.1) is 10.1 Å². The standard InChI is InChI=1S/C19H16ClNO5/c1-19(21(24)25)16(11-7-9-12(20)10-8-11)15(18(23)26-2)13-5-3-4-6-14(13)17(19)22/h3-10,15-16H,1-2H3/t15-,16+,19-/m0/s1. The number of ketones is 1. The molecule has 0 fully saturated rings. The molecular formula is C19H16ClNO5. The minimum Gasteiger partial charge on any atom is -0.469 e. The molecule has 3 rings (SSSR count). The van der Waals surface area contributed by atoms with Crippen LogP contribution in [0.5, 0.6) is 0 Å². The van der Waals surface area contributed by atoms with E-state index in [1.807, 2.05) is 0 Å². The third kappa shape index (κ3) is 2.57. The number of rotatable bonds is 3. The highest BCUT2D eigenvalue weighted by molar-refractivity contribution is 6.30. The highest BCUT2D eigenvalue weighted by Gasteiger charge is 2.62. The number of Topliss-reactive ketones (excluding diaryl/α,β-unsaturated/α-hetero) is 1. The van der Waals surface area contributed by atoms with Crippen LogP contribution in [0.4, 0.5) is 0 Å². The monoisotopic (exact) mass is 373 g/mol. The molecule has 26 heavy (non-hydrogen) atoms. The fourth-order valence-corrected chi connectivity index (χ4v) is 3.79. The van der Waals surface area contributed by atoms with Crippen molar-refractivity contribution in [1.82, 2.24) is 0 Å². The van der Waals surface area contributed by atoms with Crippen LogP contribution in [0.15, 0.2) is 48.5 Å². The maximum Gasteiger partial charge on any atom is 0.314 e. The summed E-state index contributed by atoms with van der Waals surface area (Å²) in [6, 6.07) is 12.8. The molecule has 0 radical (unpaired) electrons. The third-order valence-corrected chi connectivity index (χ3v) is 5.25. The van der Waals surface area contributed by atoms with Crippen LogP contribution in [0.1, 0.15) is 40.2 Å². The molecule has 0 heterocycles. The summed E-state index contributed by atoms with van der Waals surface area (Å²) in [5, 5.41) is 12.5. The zero-order valence-corrected chi connectivity index (χ0v) is 14.9. The largest absolute Gasteiger partial charge is 0.469 e. The van der Waals surface area contributed by atoms with Crippen molar-refractivity contribution in [2.45, 2.75) is 24.3 Å². The van der Waals surface area contributed by atoms with E-state index >= 15 is 0 Å². The van der Waals surface area contributed by atoms with Crippen LogP contribution >= 0.6 is 11.6 Å². The molecule has 3 atom stereocenters. The summed E-state index contributed by atoms with van der Waals surface area (Å²) in [7, 11) is 1.23. The highest BCUT2D eigenvalue weighted by Crippen LogP contribution is 2.49. The molecule has 0 aliphatic heterocycles. The van der Waals surface area contributed by atoms with Crippen LogP contribution in [0.3, 0.4) is 0 Å². The second-order valence-electron chi connectivity index (χ2n) is 6.35. The van der Waals surface area contributed by atoms with Crippen molar-refractivity contribution in [3.05, 3.63) is 80.4 Å². The average Bonchev–Trinajstić information content (AvgIpc) is 2.64. The number of benzene rings is 2. The number of methoxy groups -OCH3 is 1. The number of hydrogen-bond acceptors (Lipinski definition) is 5. The Balaban J connectivity index is 2.34. The minimum absolute atomic E-state index is 0.173. The predicted octanol–water partition coefficient (Wildman–Crippen LogP) is 3.61. The molecule has 1 aliphatic rings. The maximum atomic E-state index is 13.1. The molecule has 134 valence electrons. The number of nitrogens with zero attached hydrogens (tertiary/aromatic N) is 1.